The smallest absolute Gasteiger partial charge is 0.393 e. The van der Waals surface area contributed by atoms with Crippen LogP contribution in [0, 0.1) is 13.8 Å². The third-order valence-corrected chi connectivity index (χ3v) is 8.04. The van der Waals surface area contributed by atoms with Crippen molar-refractivity contribution in [3.05, 3.63) is 70.2 Å². The second-order valence-corrected chi connectivity index (χ2v) is 14.2. The number of hydrogen-bond donors (Lipinski definition) is 0. The van der Waals surface area contributed by atoms with E-state index in [-0.39, 0.29) is 0 Å². The van der Waals surface area contributed by atoms with Crippen molar-refractivity contribution in [1.82, 2.24) is 4.48 Å². The summed E-state index contributed by atoms with van der Waals surface area (Å²) in [6, 6.07) is 10.4. The molecular weight excluding hydrogens is 369 g/mol. The summed E-state index contributed by atoms with van der Waals surface area (Å²) in [6.07, 6.45) is 1.87. The molecule has 2 aromatic rings. The van der Waals surface area contributed by atoms with Crippen molar-refractivity contribution in [2.75, 3.05) is 0 Å². The Bertz CT molecular complexity index is 1100. The van der Waals surface area contributed by atoms with E-state index in [0.717, 1.165) is 22.3 Å². The van der Waals surface area contributed by atoms with Crippen LogP contribution >= 0.6 is 0 Å². The molecule has 0 aliphatic carbocycles. The lowest BCUT2D eigenvalue weighted by atomic mass is 9.84. The molecule has 1 aromatic carbocycles. The van der Waals surface area contributed by atoms with Crippen molar-refractivity contribution in [3.63, 3.8) is 0 Å². The molecule has 2 nitrogen and oxygen atoms in total. The van der Waals surface area contributed by atoms with Crippen LogP contribution < -0.4 is 5.19 Å². The van der Waals surface area contributed by atoms with Gasteiger partial charge in [-0.1, -0.05) is 49.1 Å². The molecule has 0 amide bonds. The molecule has 4 rings (SSSR count). The van der Waals surface area contributed by atoms with E-state index in [0.29, 0.717) is 22.8 Å². The first kappa shape index (κ1) is 19.1. The zero-order valence-corrected chi connectivity index (χ0v) is 18.7. The molecule has 146 valence electrons. The third kappa shape index (κ3) is 2.54. The van der Waals surface area contributed by atoms with Crippen LogP contribution in [-0.4, -0.2) is 29.7 Å². The summed E-state index contributed by atoms with van der Waals surface area (Å²) < 4.78 is 33.8. The van der Waals surface area contributed by atoms with Gasteiger partial charge in [0.15, 0.2) is 5.70 Å². The first-order valence-corrected chi connectivity index (χ1v) is 13.3. The van der Waals surface area contributed by atoms with Gasteiger partial charge in [0.05, 0.1) is 13.6 Å². The number of benzene rings is 1. The Labute approximate surface area is 167 Å². The van der Waals surface area contributed by atoms with E-state index in [1.165, 1.54) is 14.2 Å². The number of aryl methyl sites for hydroxylation is 2. The first-order valence-electron chi connectivity index (χ1n) is 9.82. The van der Waals surface area contributed by atoms with E-state index in [9.17, 15) is 0 Å². The Morgan fingerprint density at radius 1 is 0.964 bits per heavy atom. The number of aromatic nitrogens is 1. The summed E-state index contributed by atoms with van der Waals surface area (Å²) in [5.41, 5.74) is 6.20. The van der Waals surface area contributed by atoms with E-state index in [1.807, 2.05) is 26.0 Å². The van der Waals surface area contributed by atoms with Gasteiger partial charge in [0, 0.05) is 24.3 Å². The average Bonchev–Trinajstić information content (AvgIpc) is 3.05. The maximum atomic E-state index is 15.6. The molecule has 0 N–H and O–H groups in total. The SMILES string of the molecule is CC1=CC(C)=[N+]2C1=C(c1ccc([Si](C)(C)C)cc1)c1c(C)cc(C)n1[B-]2(F)F. The van der Waals surface area contributed by atoms with Gasteiger partial charge in [0.25, 0.3) is 0 Å². The van der Waals surface area contributed by atoms with Gasteiger partial charge in [-0.3, -0.25) is 0 Å². The quantitative estimate of drug-likeness (QED) is 0.626. The molecule has 28 heavy (non-hydrogen) atoms. The summed E-state index contributed by atoms with van der Waals surface area (Å²) in [6.45, 7) is 10.4. The summed E-state index contributed by atoms with van der Waals surface area (Å²) in [4.78, 5) is 0. The number of rotatable bonds is 2. The van der Waals surface area contributed by atoms with Crippen LogP contribution in [0.25, 0.3) is 5.57 Å². The Balaban J connectivity index is 2.06. The molecular formula is C22H27BF2N2Si. The van der Waals surface area contributed by atoms with Crippen molar-refractivity contribution in [2.45, 2.75) is 47.3 Å². The maximum absolute atomic E-state index is 15.6. The zero-order valence-electron chi connectivity index (χ0n) is 17.7. The van der Waals surface area contributed by atoms with E-state index in [4.69, 9.17) is 0 Å². The van der Waals surface area contributed by atoms with Crippen LogP contribution in [0.1, 0.15) is 36.4 Å². The Kier molecular flexibility index (Phi) is 4.03. The second-order valence-electron chi connectivity index (χ2n) is 9.17. The first-order chi connectivity index (χ1) is 12.9. The summed E-state index contributed by atoms with van der Waals surface area (Å²) >= 11 is 0. The highest BCUT2D eigenvalue weighted by Gasteiger charge is 2.55. The predicted molar refractivity (Wildman–Crippen MR) is 117 cm³/mol. The Morgan fingerprint density at radius 2 is 1.57 bits per heavy atom. The highest BCUT2D eigenvalue weighted by atomic mass is 28.3. The molecule has 2 aliphatic rings. The molecule has 0 unspecified atom stereocenters. The fraction of sp³-hybridized carbons (Fsp3) is 0.318. The minimum absolute atomic E-state index is 0.602. The largest absolute Gasteiger partial charge is 0.737 e. The van der Waals surface area contributed by atoms with E-state index in [2.05, 4.69) is 43.9 Å². The van der Waals surface area contributed by atoms with Crippen molar-refractivity contribution in [2.24, 2.45) is 0 Å². The molecule has 6 heteroatoms. The topological polar surface area (TPSA) is 7.94 Å². The van der Waals surface area contributed by atoms with Gasteiger partial charge in [-0.15, -0.1) is 0 Å². The van der Waals surface area contributed by atoms with Crippen LogP contribution in [0.3, 0.4) is 0 Å². The van der Waals surface area contributed by atoms with Gasteiger partial charge in [0.1, 0.15) is 5.71 Å². The monoisotopic (exact) mass is 396 g/mol. The van der Waals surface area contributed by atoms with Crippen molar-refractivity contribution in [3.8, 4) is 0 Å². The highest BCUT2D eigenvalue weighted by molar-refractivity contribution is 6.88. The summed E-state index contributed by atoms with van der Waals surface area (Å²) in [5, 5.41) is 1.37. The normalized spacial score (nSPS) is 18.4. The molecule has 0 saturated carbocycles. The number of halogens is 2. The minimum Gasteiger partial charge on any atom is -0.393 e. The molecule has 1 aromatic heterocycles. The van der Waals surface area contributed by atoms with Gasteiger partial charge in [-0.25, -0.2) is 0 Å². The van der Waals surface area contributed by atoms with Crippen molar-refractivity contribution >= 4 is 31.5 Å². The zero-order chi connectivity index (χ0) is 20.6. The van der Waals surface area contributed by atoms with Crippen LogP contribution in [-0.2, 0) is 0 Å². The molecule has 0 saturated heterocycles. The molecule has 0 radical (unpaired) electrons. The fourth-order valence-corrected chi connectivity index (χ4v) is 5.88. The number of fused-ring (bicyclic) bond motifs is 2. The molecule has 0 spiro atoms. The van der Waals surface area contributed by atoms with Gasteiger partial charge >= 0.3 is 6.97 Å². The summed E-state index contributed by atoms with van der Waals surface area (Å²) in [7, 11) is -1.42. The van der Waals surface area contributed by atoms with E-state index >= 15 is 8.63 Å². The Morgan fingerprint density at radius 3 is 2.14 bits per heavy atom. The maximum Gasteiger partial charge on any atom is 0.737 e. The van der Waals surface area contributed by atoms with Crippen molar-refractivity contribution < 1.29 is 13.1 Å². The van der Waals surface area contributed by atoms with Crippen LogP contribution in [0.15, 0.2) is 47.7 Å². The van der Waals surface area contributed by atoms with Gasteiger partial charge in [0.2, 0.25) is 0 Å². The van der Waals surface area contributed by atoms with Gasteiger partial charge in [-0.05, 0) is 43.7 Å². The van der Waals surface area contributed by atoms with Crippen LogP contribution in [0.2, 0.25) is 19.6 Å². The summed E-state index contributed by atoms with van der Waals surface area (Å²) in [5.74, 6) is 0. The molecule has 0 fully saturated rings. The van der Waals surface area contributed by atoms with Crippen molar-refractivity contribution in [1.29, 1.82) is 0 Å². The Hall–Kier alpha value is -2.21. The second kappa shape index (κ2) is 5.89. The molecule has 3 heterocycles. The fourth-order valence-electron chi connectivity index (χ4n) is 4.71. The molecule has 2 aliphatic heterocycles. The lowest BCUT2D eigenvalue weighted by molar-refractivity contribution is -0.363. The lowest BCUT2D eigenvalue weighted by Crippen LogP contribution is -2.51. The van der Waals surface area contributed by atoms with Gasteiger partial charge in [-0.2, -0.15) is 0 Å². The van der Waals surface area contributed by atoms with E-state index in [1.54, 1.807) is 13.8 Å². The van der Waals surface area contributed by atoms with Gasteiger partial charge < -0.3 is 17.6 Å². The predicted octanol–water partition coefficient (Wildman–Crippen LogP) is 5.08. The standard InChI is InChI=1S/C22H27BF2N2Si/c1-14-12-16(3)26-21(14)20(18-8-10-19(11-9-18)28(5,6)7)22-15(2)13-17(4)27(22)23(26,24)25/h8-13H,1-7H3. The van der Waals surface area contributed by atoms with Crippen LogP contribution in [0.4, 0.5) is 8.63 Å². The minimum atomic E-state index is -3.91. The highest BCUT2D eigenvalue weighted by Crippen LogP contribution is 2.43. The number of nitrogens with zero attached hydrogens (tertiary/aromatic N) is 2. The third-order valence-electron chi connectivity index (χ3n) is 5.97. The number of hydrogen-bond acceptors (Lipinski definition) is 0. The lowest BCUT2D eigenvalue weighted by Gasteiger charge is -2.34. The number of allylic oxidation sites excluding steroid dienone is 2. The molecule has 0 atom stereocenters. The average molecular weight is 396 g/mol. The molecule has 0 bridgehead atoms. The van der Waals surface area contributed by atoms with E-state index < -0.39 is 15.0 Å². The van der Waals surface area contributed by atoms with Crippen LogP contribution in [0.5, 0.6) is 0 Å².